The van der Waals surface area contributed by atoms with E-state index in [1.165, 1.54) is 18.0 Å². The number of hydrogen-bond acceptors (Lipinski definition) is 6. The highest BCUT2D eigenvalue weighted by Crippen LogP contribution is 2.24. The highest BCUT2D eigenvalue weighted by Gasteiger charge is 2.25. The van der Waals surface area contributed by atoms with E-state index in [0.29, 0.717) is 6.04 Å². The Kier molecular flexibility index (Phi) is 4.70. The van der Waals surface area contributed by atoms with E-state index in [2.05, 4.69) is 26.7 Å². The Hall–Kier alpha value is -0.720. The van der Waals surface area contributed by atoms with Crippen molar-refractivity contribution in [2.75, 3.05) is 25.0 Å². The quantitative estimate of drug-likeness (QED) is 0.804. The summed E-state index contributed by atoms with van der Waals surface area (Å²) in [5.74, 6) is 0. The summed E-state index contributed by atoms with van der Waals surface area (Å²) >= 11 is 1.42. The van der Waals surface area contributed by atoms with Gasteiger partial charge in [0.2, 0.25) is 0 Å². The third kappa shape index (κ3) is 3.14. The maximum Gasteiger partial charge on any atom is 0.134 e. The lowest BCUT2D eigenvalue weighted by Crippen LogP contribution is -2.32. The molecule has 17 heavy (non-hydrogen) atoms. The zero-order valence-corrected chi connectivity index (χ0v) is 11.0. The van der Waals surface area contributed by atoms with Gasteiger partial charge in [-0.05, 0) is 25.8 Å². The summed E-state index contributed by atoms with van der Waals surface area (Å²) in [6.07, 6.45) is 3.35. The largest absolute Gasteiger partial charge is 0.395 e. The monoisotopic (exact) mass is 256 g/mol. The Balaban J connectivity index is 1.95. The molecule has 1 aromatic rings. The van der Waals surface area contributed by atoms with Gasteiger partial charge in [-0.1, -0.05) is 11.4 Å². The number of likely N-dealkylation sites (tertiary alicyclic amines) is 1. The van der Waals surface area contributed by atoms with Crippen LogP contribution >= 0.6 is 11.5 Å². The zero-order chi connectivity index (χ0) is 12.1. The maximum absolute atomic E-state index is 9.29. The van der Waals surface area contributed by atoms with Crippen molar-refractivity contribution >= 4 is 16.5 Å². The van der Waals surface area contributed by atoms with Gasteiger partial charge in [0.25, 0.3) is 0 Å². The van der Waals surface area contributed by atoms with Gasteiger partial charge in [0, 0.05) is 30.7 Å². The zero-order valence-electron chi connectivity index (χ0n) is 10.2. The molecule has 0 amide bonds. The number of anilines is 1. The van der Waals surface area contributed by atoms with Gasteiger partial charge in [-0.25, -0.2) is 0 Å². The van der Waals surface area contributed by atoms with Crippen LogP contribution in [-0.4, -0.2) is 45.3 Å². The highest BCUT2D eigenvalue weighted by molar-refractivity contribution is 7.10. The fourth-order valence-corrected chi connectivity index (χ4v) is 2.79. The average molecular weight is 256 g/mol. The number of rotatable bonds is 6. The van der Waals surface area contributed by atoms with E-state index >= 15 is 0 Å². The fourth-order valence-electron chi connectivity index (χ4n) is 2.19. The maximum atomic E-state index is 9.29. The van der Waals surface area contributed by atoms with Crippen LogP contribution < -0.4 is 5.32 Å². The molecule has 0 spiro atoms. The van der Waals surface area contributed by atoms with Crippen LogP contribution in [0.3, 0.4) is 0 Å². The number of aliphatic hydroxyl groups excluding tert-OH is 1. The first kappa shape index (κ1) is 12.7. The van der Waals surface area contributed by atoms with Crippen LogP contribution in [0, 0.1) is 0 Å². The smallest absolute Gasteiger partial charge is 0.134 e. The Morgan fingerprint density at radius 2 is 2.47 bits per heavy atom. The molecule has 0 radical (unpaired) electrons. The molecule has 5 nitrogen and oxygen atoms in total. The fraction of sp³-hybridized carbons (Fsp3) is 0.818. The summed E-state index contributed by atoms with van der Waals surface area (Å²) in [5, 5.41) is 17.9. The van der Waals surface area contributed by atoms with Gasteiger partial charge in [-0.2, -0.15) is 0 Å². The van der Waals surface area contributed by atoms with E-state index < -0.39 is 0 Å². The van der Waals surface area contributed by atoms with Gasteiger partial charge in [-0.15, -0.1) is 5.10 Å². The van der Waals surface area contributed by atoms with Gasteiger partial charge >= 0.3 is 0 Å². The summed E-state index contributed by atoms with van der Waals surface area (Å²) in [6.45, 7) is 5.20. The van der Waals surface area contributed by atoms with Crippen molar-refractivity contribution < 1.29 is 5.11 Å². The number of nitrogens with one attached hydrogen (secondary N) is 1. The van der Waals surface area contributed by atoms with Crippen LogP contribution in [-0.2, 0) is 6.54 Å². The van der Waals surface area contributed by atoms with Crippen molar-refractivity contribution in [2.45, 2.75) is 38.8 Å². The van der Waals surface area contributed by atoms with Gasteiger partial charge < -0.3 is 10.4 Å². The molecular weight excluding hydrogens is 236 g/mol. The second-order valence-corrected chi connectivity index (χ2v) is 5.18. The molecule has 2 rings (SSSR count). The second-order valence-electron chi connectivity index (χ2n) is 4.42. The van der Waals surface area contributed by atoms with Gasteiger partial charge in [-0.3, -0.25) is 4.90 Å². The molecule has 6 heteroatoms. The standard InChI is InChI=1S/C11H20N4OS/c1-2-5-12-11-10(13-14-17-11)7-15-6-3-4-9(15)8-16/h9,12,16H,2-8H2,1H3. The molecule has 0 saturated carbocycles. The third-order valence-corrected chi connectivity index (χ3v) is 3.88. The average Bonchev–Trinajstić information content (AvgIpc) is 2.96. The first-order valence-corrected chi connectivity index (χ1v) is 7.02. The van der Waals surface area contributed by atoms with Crippen LogP contribution in [0.1, 0.15) is 31.9 Å². The summed E-state index contributed by atoms with van der Waals surface area (Å²) in [7, 11) is 0. The van der Waals surface area contributed by atoms with E-state index in [-0.39, 0.29) is 6.61 Å². The molecule has 2 N–H and O–H groups in total. The molecule has 0 aromatic carbocycles. The van der Waals surface area contributed by atoms with Crippen molar-refractivity contribution in [3.63, 3.8) is 0 Å². The Morgan fingerprint density at radius 1 is 1.59 bits per heavy atom. The van der Waals surface area contributed by atoms with Gasteiger partial charge in [0.15, 0.2) is 0 Å². The van der Waals surface area contributed by atoms with E-state index in [0.717, 1.165) is 43.2 Å². The minimum absolute atomic E-state index is 0.245. The van der Waals surface area contributed by atoms with E-state index in [1.807, 2.05) is 0 Å². The van der Waals surface area contributed by atoms with Crippen molar-refractivity contribution in [3.05, 3.63) is 5.69 Å². The Bertz CT molecular complexity index is 344. The molecule has 1 aliphatic rings. The van der Waals surface area contributed by atoms with E-state index in [9.17, 15) is 5.11 Å². The van der Waals surface area contributed by atoms with E-state index in [4.69, 9.17) is 0 Å². The molecule has 1 aliphatic heterocycles. The minimum Gasteiger partial charge on any atom is -0.395 e. The van der Waals surface area contributed by atoms with Crippen LogP contribution in [0.15, 0.2) is 0 Å². The van der Waals surface area contributed by atoms with Crippen LogP contribution in [0.2, 0.25) is 0 Å². The number of aliphatic hydroxyl groups is 1. The predicted octanol–water partition coefficient (Wildman–Crippen LogP) is 1.32. The highest BCUT2D eigenvalue weighted by atomic mass is 32.1. The molecule has 1 unspecified atom stereocenters. The lowest BCUT2D eigenvalue weighted by molar-refractivity contribution is 0.152. The molecule has 2 heterocycles. The Labute approximate surface area is 106 Å². The molecule has 96 valence electrons. The summed E-state index contributed by atoms with van der Waals surface area (Å²) in [4.78, 5) is 2.30. The summed E-state index contributed by atoms with van der Waals surface area (Å²) < 4.78 is 4.01. The molecule has 1 saturated heterocycles. The van der Waals surface area contributed by atoms with Gasteiger partial charge in [0.1, 0.15) is 10.7 Å². The molecule has 1 aromatic heterocycles. The molecule has 0 bridgehead atoms. The SMILES string of the molecule is CCCNc1snnc1CN1CCCC1CO. The third-order valence-electron chi connectivity index (χ3n) is 3.15. The molecule has 1 atom stereocenters. The summed E-state index contributed by atoms with van der Waals surface area (Å²) in [5.41, 5.74) is 1.02. The molecular formula is C11H20N4OS. The van der Waals surface area contributed by atoms with Gasteiger partial charge in [0.05, 0.1) is 6.61 Å². The lowest BCUT2D eigenvalue weighted by atomic mass is 10.2. The van der Waals surface area contributed by atoms with Crippen LogP contribution in [0.25, 0.3) is 0 Å². The predicted molar refractivity (Wildman–Crippen MR) is 69.2 cm³/mol. The Morgan fingerprint density at radius 3 is 3.24 bits per heavy atom. The van der Waals surface area contributed by atoms with E-state index in [1.54, 1.807) is 0 Å². The van der Waals surface area contributed by atoms with Crippen molar-refractivity contribution in [1.82, 2.24) is 14.5 Å². The number of nitrogens with zero attached hydrogens (tertiary/aromatic N) is 3. The van der Waals surface area contributed by atoms with Crippen LogP contribution in [0.4, 0.5) is 5.00 Å². The van der Waals surface area contributed by atoms with Crippen molar-refractivity contribution in [2.24, 2.45) is 0 Å². The lowest BCUT2D eigenvalue weighted by Gasteiger charge is -2.21. The molecule has 0 aliphatic carbocycles. The second kappa shape index (κ2) is 6.28. The van der Waals surface area contributed by atoms with Crippen molar-refractivity contribution in [1.29, 1.82) is 0 Å². The van der Waals surface area contributed by atoms with Crippen LogP contribution in [0.5, 0.6) is 0 Å². The normalized spacial score (nSPS) is 20.9. The summed E-state index contributed by atoms with van der Waals surface area (Å²) in [6, 6.07) is 0.302. The minimum atomic E-state index is 0.245. The number of hydrogen-bond donors (Lipinski definition) is 2. The first-order chi connectivity index (χ1) is 8.35. The molecule has 1 fully saturated rings. The van der Waals surface area contributed by atoms with Crippen molar-refractivity contribution in [3.8, 4) is 0 Å². The number of aromatic nitrogens is 2. The topological polar surface area (TPSA) is 61.3 Å². The first-order valence-electron chi connectivity index (χ1n) is 6.25.